The molecule has 0 atom stereocenters. The molecule has 0 bridgehead atoms. The number of alkyl halides is 2. The molecule has 1 rings (SSSR count). The zero-order valence-corrected chi connectivity index (χ0v) is 9.76. The normalized spacial score (nSPS) is 10.8. The summed E-state index contributed by atoms with van der Waals surface area (Å²) >= 11 is 1.18. The van der Waals surface area contributed by atoms with Crippen molar-refractivity contribution in [2.45, 2.75) is 18.5 Å². The summed E-state index contributed by atoms with van der Waals surface area (Å²) in [4.78, 5) is 7.58. The first-order chi connectivity index (χ1) is 7.67. The highest BCUT2D eigenvalue weighted by molar-refractivity contribution is 7.98. The third-order valence-corrected chi connectivity index (χ3v) is 2.15. The lowest BCUT2D eigenvalue weighted by Crippen LogP contribution is -2.05. The molecular formula is C9H12F2N2O2S. The first-order valence-corrected chi connectivity index (χ1v) is 5.81. The van der Waals surface area contributed by atoms with Crippen molar-refractivity contribution >= 4 is 11.8 Å². The van der Waals surface area contributed by atoms with Crippen LogP contribution in [0.15, 0.2) is 11.2 Å². The second kappa shape index (κ2) is 6.59. The Morgan fingerprint density at radius 3 is 2.75 bits per heavy atom. The molecule has 0 unspecified atom stereocenters. The van der Waals surface area contributed by atoms with E-state index in [0.717, 1.165) is 6.07 Å². The molecule has 90 valence electrons. The maximum Gasteiger partial charge on any atom is 0.280 e. The molecule has 0 saturated carbocycles. The topological polar surface area (TPSA) is 44.2 Å². The zero-order valence-electron chi connectivity index (χ0n) is 8.94. The van der Waals surface area contributed by atoms with Gasteiger partial charge in [-0.05, 0) is 13.2 Å². The van der Waals surface area contributed by atoms with E-state index in [0.29, 0.717) is 6.61 Å². The van der Waals surface area contributed by atoms with Crippen LogP contribution in [-0.2, 0) is 4.74 Å². The quantitative estimate of drug-likeness (QED) is 0.336. The van der Waals surface area contributed by atoms with Crippen molar-refractivity contribution in [2.24, 2.45) is 0 Å². The van der Waals surface area contributed by atoms with Gasteiger partial charge in [-0.15, -0.1) is 0 Å². The van der Waals surface area contributed by atoms with Gasteiger partial charge in [-0.1, -0.05) is 11.8 Å². The molecule has 7 heteroatoms. The molecule has 0 radical (unpaired) electrons. The second-order valence-electron chi connectivity index (χ2n) is 2.67. The van der Waals surface area contributed by atoms with Crippen LogP contribution in [0.3, 0.4) is 0 Å². The van der Waals surface area contributed by atoms with Gasteiger partial charge in [0.2, 0.25) is 5.88 Å². The van der Waals surface area contributed by atoms with Crippen molar-refractivity contribution in [2.75, 3.05) is 19.7 Å². The van der Waals surface area contributed by atoms with Crippen LogP contribution in [0, 0.1) is 0 Å². The van der Waals surface area contributed by atoms with Gasteiger partial charge in [-0.2, -0.15) is 4.98 Å². The maximum atomic E-state index is 12.5. The lowest BCUT2D eigenvalue weighted by molar-refractivity contribution is 0.0187. The Kier molecular flexibility index (Phi) is 5.41. The van der Waals surface area contributed by atoms with Gasteiger partial charge in [0.05, 0.1) is 0 Å². The number of halogens is 2. The fourth-order valence-corrected chi connectivity index (χ4v) is 1.26. The van der Waals surface area contributed by atoms with Crippen molar-refractivity contribution in [1.82, 2.24) is 9.97 Å². The van der Waals surface area contributed by atoms with Gasteiger partial charge >= 0.3 is 0 Å². The SMILES string of the molecule is CCOCOc1cc(C(F)F)nc(SC)n1. The molecule has 0 amide bonds. The predicted molar refractivity (Wildman–Crippen MR) is 55.9 cm³/mol. The number of ether oxygens (including phenoxy) is 2. The van der Waals surface area contributed by atoms with E-state index in [1.807, 2.05) is 0 Å². The molecule has 4 nitrogen and oxygen atoms in total. The molecule has 0 aliphatic rings. The van der Waals surface area contributed by atoms with Crippen LogP contribution in [0.1, 0.15) is 19.0 Å². The van der Waals surface area contributed by atoms with Gasteiger partial charge in [-0.3, -0.25) is 0 Å². The fourth-order valence-electron chi connectivity index (χ4n) is 0.883. The van der Waals surface area contributed by atoms with E-state index < -0.39 is 6.43 Å². The summed E-state index contributed by atoms with van der Waals surface area (Å²) in [7, 11) is 0. The second-order valence-corrected chi connectivity index (χ2v) is 3.45. The van der Waals surface area contributed by atoms with E-state index in [9.17, 15) is 8.78 Å². The van der Waals surface area contributed by atoms with Crippen LogP contribution in [-0.4, -0.2) is 29.6 Å². The summed E-state index contributed by atoms with van der Waals surface area (Å²) in [6.45, 7) is 2.29. The highest BCUT2D eigenvalue weighted by Crippen LogP contribution is 2.23. The van der Waals surface area contributed by atoms with Crippen LogP contribution in [0.4, 0.5) is 8.78 Å². The molecule has 0 saturated heterocycles. The van der Waals surface area contributed by atoms with Gasteiger partial charge in [0.25, 0.3) is 6.43 Å². The molecule has 1 aromatic heterocycles. The van der Waals surface area contributed by atoms with E-state index in [2.05, 4.69) is 9.97 Å². The average Bonchev–Trinajstić information content (AvgIpc) is 2.29. The molecule has 16 heavy (non-hydrogen) atoms. The minimum absolute atomic E-state index is 0.00991. The Hall–Kier alpha value is -0.950. The van der Waals surface area contributed by atoms with E-state index in [1.54, 1.807) is 13.2 Å². The van der Waals surface area contributed by atoms with Crippen molar-refractivity contribution < 1.29 is 18.3 Å². The standard InChI is InChI=1S/C9H12F2N2O2S/c1-3-14-5-15-7-4-6(8(10)11)12-9(13-7)16-2/h4,8H,3,5H2,1-2H3. The molecule has 0 fully saturated rings. The smallest absolute Gasteiger partial charge is 0.280 e. The van der Waals surface area contributed by atoms with E-state index in [4.69, 9.17) is 9.47 Å². The molecule has 0 aliphatic heterocycles. The minimum atomic E-state index is -2.64. The highest BCUT2D eigenvalue weighted by atomic mass is 32.2. The Balaban J connectivity index is 2.78. The highest BCUT2D eigenvalue weighted by Gasteiger charge is 2.13. The Morgan fingerprint density at radius 2 is 2.19 bits per heavy atom. The molecule has 0 N–H and O–H groups in total. The van der Waals surface area contributed by atoms with E-state index >= 15 is 0 Å². The molecule has 1 aromatic rings. The van der Waals surface area contributed by atoms with Gasteiger partial charge < -0.3 is 9.47 Å². The van der Waals surface area contributed by atoms with Crippen molar-refractivity contribution in [3.8, 4) is 5.88 Å². The Labute approximate surface area is 96.4 Å². The predicted octanol–water partition coefficient (Wildman–Crippen LogP) is 2.51. The van der Waals surface area contributed by atoms with Crippen LogP contribution in [0.25, 0.3) is 0 Å². The largest absolute Gasteiger partial charge is 0.450 e. The molecule has 0 spiro atoms. The number of nitrogens with zero attached hydrogens (tertiary/aromatic N) is 2. The Morgan fingerprint density at radius 1 is 1.44 bits per heavy atom. The average molecular weight is 250 g/mol. The van der Waals surface area contributed by atoms with Gasteiger partial charge in [0, 0.05) is 12.7 Å². The molecule has 0 aliphatic carbocycles. The number of rotatable bonds is 6. The Bertz CT molecular complexity index is 339. The van der Waals surface area contributed by atoms with Crippen molar-refractivity contribution in [3.63, 3.8) is 0 Å². The lowest BCUT2D eigenvalue weighted by Gasteiger charge is -2.07. The number of aromatic nitrogens is 2. The monoisotopic (exact) mass is 250 g/mol. The summed E-state index contributed by atoms with van der Waals surface area (Å²) in [6, 6.07) is 1.11. The summed E-state index contributed by atoms with van der Waals surface area (Å²) < 4.78 is 34.9. The number of thioether (sulfide) groups is 1. The zero-order chi connectivity index (χ0) is 12.0. The van der Waals surface area contributed by atoms with Crippen LogP contribution < -0.4 is 4.74 Å². The van der Waals surface area contributed by atoms with Crippen LogP contribution in [0.2, 0.25) is 0 Å². The van der Waals surface area contributed by atoms with E-state index in [1.165, 1.54) is 11.8 Å². The van der Waals surface area contributed by atoms with Gasteiger partial charge in [0.15, 0.2) is 11.9 Å². The van der Waals surface area contributed by atoms with Crippen molar-refractivity contribution in [1.29, 1.82) is 0 Å². The van der Waals surface area contributed by atoms with Crippen LogP contribution >= 0.6 is 11.8 Å². The number of hydrogen-bond acceptors (Lipinski definition) is 5. The summed E-state index contributed by atoms with van der Waals surface area (Å²) in [6.07, 6.45) is -0.931. The number of hydrogen-bond donors (Lipinski definition) is 0. The fraction of sp³-hybridized carbons (Fsp3) is 0.556. The summed E-state index contributed by atoms with van der Waals surface area (Å²) in [5, 5.41) is 0.254. The van der Waals surface area contributed by atoms with Gasteiger partial charge in [-0.25, -0.2) is 13.8 Å². The minimum Gasteiger partial charge on any atom is -0.450 e. The third kappa shape index (κ3) is 3.90. The molecule has 1 heterocycles. The van der Waals surface area contributed by atoms with Crippen molar-refractivity contribution in [3.05, 3.63) is 11.8 Å². The molecular weight excluding hydrogens is 238 g/mol. The first-order valence-electron chi connectivity index (χ1n) is 4.59. The third-order valence-electron chi connectivity index (χ3n) is 1.60. The van der Waals surface area contributed by atoms with Crippen LogP contribution in [0.5, 0.6) is 5.88 Å². The first kappa shape index (κ1) is 13.1. The lowest BCUT2D eigenvalue weighted by atomic mass is 10.4. The molecule has 0 aromatic carbocycles. The summed E-state index contributed by atoms with van der Waals surface area (Å²) in [5.74, 6) is 0.100. The summed E-state index contributed by atoms with van der Waals surface area (Å²) in [5.41, 5.74) is -0.342. The van der Waals surface area contributed by atoms with E-state index in [-0.39, 0.29) is 23.5 Å². The van der Waals surface area contributed by atoms with Gasteiger partial charge in [0.1, 0.15) is 5.69 Å². The maximum absolute atomic E-state index is 12.5.